The Morgan fingerprint density at radius 2 is 2.15 bits per heavy atom. The van der Waals surface area contributed by atoms with Gasteiger partial charge in [0.2, 0.25) is 0 Å². The molecule has 1 aromatic heterocycles. The lowest BCUT2D eigenvalue weighted by Crippen LogP contribution is -2.43. The highest BCUT2D eigenvalue weighted by Gasteiger charge is 2.29. The molecular weight excluding hydrogens is 278 g/mol. The van der Waals surface area contributed by atoms with Crippen LogP contribution in [0, 0.1) is 5.41 Å². The van der Waals surface area contributed by atoms with Crippen molar-refractivity contribution >= 4 is 23.2 Å². The number of piperidine rings is 1. The van der Waals surface area contributed by atoms with E-state index in [0.29, 0.717) is 6.54 Å². The maximum Gasteiger partial charge on any atom is 0.355 e. The van der Waals surface area contributed by atoms with E-state index in [0.717, 1.165) is 37.3 Å². The molecule has 1 saturated heterocycles. The van der Waals surface area contributed by atoms with Crippen molar-refractivity contribution in [2.24, 2.45) is 5.41 Å². The van der Waals surface area contributed by atoms with E-state index < -0.39 is 5.97 Å². The summed E-state index contributed by atoms with van der Waals surface area (Å²) in [5.74, 6) is -1.40. The van der Waals surface area contributed by atoms with Gasteiger partial charge in [0.15, 0.2) is 10.7 Å². The molecule has 0 aliphatic carbocycles. The van der Waals surface area contributed by atoms with E-state index in [2.05, 4.69) is 29.2 Å². The lowest BCUT2D eigenvalue weighted by atomic mass is 9.80. The van der Waals surface area contributed by atoms with Gasteiger partial charge in [0.1, 0.15) is 0 Å². The summed E-state index contributed by atoms with van der Waals surface area (Å²) >= 11 is 1.06. The molecule has 20 heavy (non-hydrogen) atoms. The van der Waals surface area contributed by atoms with Crippen LogP contribution in [0.25, 0.3) is 0 Å². The van der Waals surface area contributed by atoms with E-state index >= 15 is 0 Å². The van der Waals surface area contributed by atoms with Gasteiger partial charge in [-0.1, -0.05) is 6.92 Å². The summed E-state index contributed by atoms with van der Waals surface area (Å²) < 4.78 is 0. The first kappa shape index (κ1) is 14.9. The molecule has 0 aromatic carbocycles. The summed E-state index contributed by atoms with van der Waals surface area (Å²) in [4.78, 5) is 28.8. The highest BCUT2D eigenvalue weighted by atomic mass is 32.1. The van der Waals surface area contributed by atoms with Crippen LogP contribution in [0.15, 0.2) is 5.38 Å². The predicted molar refractivity (Wildman–Crippen MR) is 76.2 cm³/mol. The van der Waals surface area contributed by atoms with E-state index in [1.807, 2.05) is 0 Å². The van der Waals surface area contributed by atoms with Crippen LogP contribution in [0.3, 0.4) is 0 Å². The topological polar surface area (TPSA) is 82.5 Å². The Morgan fingerprint density at radius 1 is 1.50 bits per heavy atom. The van der Waals surface area contributed by atoms with Crippen LogP contribution in [0.5, 0.6) is 0 Å². The van der Waals surface area contributed by atoms with Crippen LogP contribution >= 0.6 is 11.3 Å². The van der Waals surface area contributed by atoms with Gasteiger partial charge in [-0.2, -0.15) is 0 Å². The summed E-state index contributed by atoms with van der Waals surface area (Å²) in [6, 6.07) is 0. The second-order valence-corrected chi connectivity index (χ2v) is 6.50. The molecule has 2 N–H and O–H groups in total. The molecule has 0 saturated carbocycles. The van der Waals surface area contributed by atoms with Crippen molar-refractivity contribution in [2.45, 2.75) is 19.8 Å². The van der Waals surface area contributed by atoms with E-state index in [-0.39, 0.29) is 22.0 Å². The zero-order chi connectivity index (χ0) is 14.8. The molecule has 110 valence electrons. The van der Waals surface area contributed by atoms with Crippen LogP contribution < -0.4 is 5.32 Å². The van der Waals surface area contributed by atoms with Gasteiger partial charge < -0.3 is 15.3 Å². The standard InChI is InChI=1S/C13H19N3O3S/c1-13(3-5-16(2)6-4-13)8-14-10(17)11-15-9(7-20-11)12(18)19/h7H,3-6,8H2,1-2H3,(H,14,17)(H,18,19). The number of carbonyl (C=O) groups is 2. The maximum absolute atomic E-state index is 12.0. The molecule has 7 heteroatoms. The van der Waals surface area contributed by atoms with Crippen molar-refractivity contribution in [3.8, 4) is 0 Å². The Kier molecular flexibility index (Phi) is 4.39. The average molecular weight is 297 g/mol. The molecule has 0 unspecified atom stereocenters. The number of nitrogens with one attached hydrogen (secondary N) is 1. The molecule has 0 atom stereocenters. The van der Waals surface area contributed by atoms with Crippen molar-refractivity contribution in [1.82, 2.24) is 15.2 Å². The SMILES string of the molecule is CN1CCC(C)(CNC(=O)c2nc(C(=O)O)cs2)CC1. The third kappa shape index (κ3) is 3.55. The fourth-order valence-electron chi connectivity index (χ4n) is 2.18. The molecule has 2 heterocycles. The van der Waals surface area contributed by atoms with Crippen molar-refractivity contribution in [1.29, 1.82) is 0 Å². The number of carboxylic acids is 1. The van der Waals surface area contributed by atoms with E-state index in [4.69, 9.17) is 5.11 Å². The van der Waals surface area contributed by atoms with Crippen LogP contribution in [0.2, 0.25) is 0 Å². The normalized spacial score (nSPS) is 18.7. The molecule has 1 aromatic rings. The van der Waals surface area contributed by atoms with E-state index in [1.54, 1.807) is 0 Å². The van der Waals surface area contributed by atoms with Crippen molar-refractivity contribution in [3.05, 3.63) is 16.1 Å². The second kappa shape index (κ2) is 5.88. The fourth-order valence-corrected chi connectivity index (χ4v) is 2.89. The number of amides is 1. The van der Waals surface area contributed by atoms with Gasteiger partial charge in [0, 0.05) is 11.9 Å². The Hall–Kier alpha value is -1.47. The lowest BCUT2D eigenvalue weighted by Gasteiger charge is -2.37. The number of hydrogen-bond donors (Lipinski definition) is 2. The summed E-state index contributed by atoms with van der Waals surface area (Å²) in [5.41, 5.74) is 0.0281. The van der Waals surface area contributed by atoms with E-state index in [1.165, 1.54) is 5.38 Å². The quantitative estimate of drug-likeness (QED) is 0.875. The average Bonchev–Trinajstić information content (AvgIpc) is 2.90. The minimum atomic E-state index is -1.11. The molecule has 1 amide bonds. The van der Waals surface area contributed by atoms with Crippen LogP contribution in [-0.2, 0) is 0 Å². The highest BCUT2D eigenvalue weighted by Crippen LogP contribution is 2.29. The third-order valence-corrected chi connectivity index (χ3v) is 4.63. The van der Waals surface area contributed by atoms with Gasteiger partial charge in [-0.25, -0.2) is 9.78 Å². The molecular formula is C13H19N3O3S. The molecule has 0 bridgehead atoms. The number of carbonyl (C=O) groups excluding carboxylic acids is 1. The van der Waals surface area contributed by atoms with Crippen molar-refractivity contribution in [2.75, 3.05) is 26.7 Å². The number of carboxylic acid groups (broad SMARTS) is 1. The van der Waals surface area contributed by atoms with Crippen LogP contribution in [0.4, 0.5) is 0 Å². The monoisotopic (exact) mass is 297 g/mol. The van der Waals surface area contributed by atoms with Crippen molar-refractivity contribution in [3.63, 3.8) is 0 Å². The molecule has 1 aliphatic heterocycles. The number of hydrogen-bond acceptors (Lipinski definition) is 5. The predicted octanol–water partition coefficient (Wildman–Crippen LogP) is 1.30. The van der Waals surface area contributed by atoms with Gasteiger partial charge in [-0.05, 0) is 38.4 Å². The number of aromatic nitrogens is 1. The zero-order valence-corrected chi connectivity index (χ0v) is 12.5. The highest BCUT2D eigenvalue weighted by molar-refractivity contribution is 7.11. The number of thiazole rings is 1. The Balaban J connectivity index is 1.89. The Bertz CT molecular complexity index is 507. The van der Waals surface area contributed by atoms with Gasteiger partial charge in [-0.3, -0.25) is 4.79 Å². The van der Waals surface area contributed by atoms with Crippen LogP contribution in [0.1, 0.15) is 40.1 Å². The lowest BCUT2D eigenvalue weighted by molar-refractivity contribution is 0.0691. The third-order valence-electron chi connectivity index (χ3n) is 3.79. The second-order valence-electron chi connectivity index (χ2n) is 5.64. The smallest absolute Gasteiger partial charge is 0.355 e. The first-order valence-corrected chi connectivity index (χ1v) is 7.43. The first-order valence-electron chi connectivity index (χ1n) is 6.55. The van der Waals surface area contributed by atoms with Gasteiger partial charge in [0.05, 0.1) is 0 Å². The molecule has 1 fully saturated rings. The first-order chi connectivity index (χ1) is 9.39. The summed E-state index contributed by atoms with van der Waals surface area (Å²) in [5, 5.41) is 13.3. The minimum absolute atomic E-state index is 0.0781. The Morgan fingerprint density at radius 3 is 2.70 bits per heavy atom. The minimum Gasteiger partial charge on any atom is -0.476 e. The number of rotatable bonds is 4. The van der Waals surface area contributed by atoms with Crippen LogP contribution in [-0.4, -0.2) is 53.5 Å². The number of likely N-dealkylation sites (tertiary alicyclic amines) is 1. The number of nitrogens with zero attached hydrogens (tertiary/aromatic N) is 2. The summed E-state index contributed by atoms with van der Waals surface area (Å²) in [6.07, 6.45) is 2.09. The summed E-state index contributed by atoms with van der Waals surface area (Å²) in [6.45, 7) is 4.84. The molecule has 0 radical (unpaired) electrons. The maximum atomic E-state index is 12.0. The Labute approximate surface area is 121 Å². The molecule has 2 rings (SSSR count). The van der Waals surface area contributed by atoms with Gasteiger partial charge in [0.25, 0.3) is 5.91 Å². The molecule has 0 spiro atoms. The van der Waals surface area contributed by atoms with Crippen molar-refractivity contribution < 1.29 is 14.7 Å². The largest absolute Gasteiger partial charge is 0.476 e. The molecule has 1 aliphatic rings. The van der Waals surface area contributed by atoms with E-state index in [9.17, 15) is 9.59 Å². The zero-order valence-electron chi connectivity index (χ0n) is 11.7. The molecule has 6 nitrogen and oxygen atoms in total. The fraction of sp³-hybridized carbons (Fsp3) is 0.615. The van der Waals surface area contributed by atoms with Gasteiger partial charge in [-0.15, -0.1) is 11.3 Å². The number of aromatic carboxylic acids is 1. The van der Waals surface area contributed by atoms with Gasteiger partial charge >= 0.3 is 5.97 Å². The summed E-state index contributed by atoms with van der Waals surface area (Å²) in [7, 11) is 2.10.